The van der Waals surface area contributed by atoms with Crippen molar-refractivity contribution in [1.82, 2.24) is 14.0 Å². The van der Waals surface area contributed by atoms with Gasteiger partial charge in [0.2, 0.25) is 0 Å². The average Bonchev–Trinajstić information content (AvgIpc) is 3.39. The number of methoxy groups -OCH3 is 1. The number of fused-ring (bicyclic) bond motifs is 2. The van der Waals surface area contributed by atoms with Crippen LogP contribution in [0.4, 0.5) is 0 Å². The number of benzene rings is 2. The SMILES string of the molecule is COc1c(C2=CN(C)C(=O)C3[NH+]=CC=C23)ccc2c1n(CCc1ccccc1)c(=O)n2C. The largest absolute Gasteiger partial charge is 0.494 e. The van der Waals surface area contributed by atoms with Crippen LogP contribution in [0.25, 0.3) is 16.6 Å². The van der Waals surface area contributed by atoms with Crippen molar-refractivity contribution >= 4 is 28.7 Å². The van der Waals surface area contributed by atoms with Crippen LogP contribution in [0.15, 0.2) is 65.1 Å². The van der Waals surface area contributed by atoms with Gasteiger partial charge in [0.25, 0.3) is 11.9 Å². The normalized spacial score (nSPS) is 17.5. The van der Waals surface area contributed by atoms with Gasteiger partial charge in [0.15, 0.2) is 12.0 Å². The number of aryl methyl sites for hydroxylation is 3. The Morgan fingerprint density at radius 3 is 2.59 bits per heavy atom. The fourth-order valence-electron chi connectivity index (χ4n) is 4.61. The zero-order valence-corrected chi connectivity index (χ0v) is 18.3. The first kappa shape index (κ1) is 20.1. The molecule has 0 saturated heterocycles. The number of hydrogen-bond donors (Lipinski definition) is 1. The summed E-state index contributed by atoms with van der Waals surface area (Å²) in [4.78, 5) is 30.4. The molecule has 1 N–H and O–H groups in total. The van der Waals surface area contributed by atoms with Crippen LogP contribution in [0, 0.1) is 0 Å². The first-order chi connectivity index (χ1) is 15.5. The minimum absolute atomic E-state index is 0.00623. The van der Waals surface area contributed by atoms with Crippen molar-refractivity contribution < 1.29 is 14.5 Å². The van der Waals surface area contributed by atoms with Crippen LogP contribution in [-0.4, -0.2) is 46.4 Å². The predicted octanol–water partition coefficient (Wildman–Crippen LogP) is 0.864. The summed E-state index contributed by atoms with van der Waals surface area (Å²) in [6.45, 7) is 0.540. The van der Waals surface area contributed by atoms with E-state index in [4.69, 9.17) is 4.74 Å². The van der Waals surface area contributed by atoms with Crippen molar-refractivity contribution in [2.45, 2.75) is 19.0 Å². The third-order valence-electron chi connectivity index (χ3n) is 6.29. The molecular formula is C25H25N4O3+. The molecule has 3 heterocycles. The van der Waals surface area contributed by atoms with E-state index in [0.29, 0.717) is 12.3 Å². The van der Waals surface area contributed by atoms with E-state index in [1.54, 1.807) is 41.5 Å². The zero-order chi connectivity index (χ0) is 22.4. The van der Waals surface area contributed by atoms with E-state index in [2.05, 4.69) is 17.1 Å². The number of allylic oxidation sites excluding steroid dienone is 1. The number of carbonyl (C=O) groups is 1. The van der Waals surface area contributed by atoms with Crippen LogP contribution in [0.3, 0.4) is 0 Å². The van der Waals surface area contributed by atoms with Gasteiger partial charge in [-0.25, -0.2) is 9.79 Å². The summed E-state index contributed by atoms with van der Waals surface area (Å²) in [5.41, 5.74) is 5.33. The zero-order valence-electron chi connectivity index (χ0n) is 18.3. The molecule has 0 aliphatic carbocycles. The Morgan fingerprint density at radius 2 is 1.84 bits per heavy atom. The quantitative estimate of drug-likeness (QED) is 0.654. The Balaban J connectivity index is 1.67. The van der Waals surface area contributed by atoms with Crippen molar-refractivity contribution in [3.63, 3.8) is 0 Å². The van der Waals surface area contributed by atoms with Crippen LogP contribution in [0.5, 0.6) is 5.75 Å². The molecule has 0 saturated carbocycles. The summed E-state index contributed by atoms with van der Waals surface area (Å²) >= 11 is 0. The molecule has 0 spiro atoms. The Labute approximate surface area is 185 Å². The van der Waals surface area contributed by atoms with Gasteiger partial charge in [-0.05, 0) is 24.1 Å². The van der Waals surface area contributed by atoms with E-state index in [0.717, 1.165) is 34.2 Å². The smallest absolute Gasteiger partial charge is 0.328 e. The maximum atomic E-state index is 13.1. The summed E-state index contributed by atoms with van der Waals surface area (Å²) in [7, 11) is 5.16. The highest BCUT2D eigenvalue weighted by atomic mass is 16.5. The molecule has 0 bridgehead atoms. The van der Waals surface area contributed by atoms with Gasteiger partial charge >= 0.3 is 5.69 Å². The van der Waals surface area contributed by atoms with E-state index in [9.17, 15) is 9.59 Å². The average molecular weight is 430 g/mol. The van der Waals surface area contributed by atoms with E-state index in [1.807, 2.05) is 42.6 Å². The van der Waals surface area contributed by atoms with Gasteiger partial charge < -0.3 is 9.64 Å². The van der Waals surface area contributed by atoms with Crippen molar-refractivity contribution in [1.29, 1.82) is 0 Å². The van der Waals surface area contributed by atoms with E-state index < -0.39 is 6.04 Å². The number of carbonyl (C=O) groups excluding carboxylic acids is 1. The minimum Gasteiger partial charge on any atom is -0.494 e. The van der Waals surface area contributed by atoms with Gasteiger partial charge in [0.1, 0.15) is 5.52 Å². The molecule has 7 heteroatoms. The molecule has 32 heavy (non-hydrogen) atoms. The number of rotatable bonds is 5. The molecular weight excluding hydrogens is 404 g/mol. The summed E-state index contributed by atoms with van der Waals surface area (Å²) in [5, 5.41) is 0. The Hall–Kier alpha value is -3.87. The number of ether oxygens (including phenoxy) is 1. The van der Waals surface area contributed by atoms with Gasteiger partial charge in [-0.1, -0.05) is 30.3 Å². The monoisotopic (exact) mass is 429 g/mol. The molecule has 0 radical (unpaired) electrons. The number of nitrogens with zero attached hydrogens (tertiary/aromatic N) is 3. The van der Waals surface area contributed by atoms with Crippen molar-refractivity contribution in [3.05, 3.63) is 81.9 Å². The van der Waals surface area contributed by atoms with Gasteiger partial charge in [-0.2, -0.15) is 0 Å². The summed E-state index contributed by atoms with van der Waals surface area (Å²) in [6, 6.07) is 13.6. The molecule has 5 rings (SSSR count). The van der Waals surface area contributed by atoms with E-state index >= 15 is 0 Å². The lowest BCUT2D eigenvalue weighted by Gasteiger charge is -2.25. The van der Waals surface area contributed by atoms with Crippen LogP contribution in [-0.2, 0) is 24.8 Å². The highest BCUT2D eigenvalue weighted by Gasteiger charge is 2.39. The number of nitrogens with one attached hydrogen (secondary N) is 1. The predicted molar refractivity (Wildman–Crippen MR) is 124 cm³/mol. The number of hydrogen-bond acceptors (Lipinski definition) is 3. The first-order valence-electron chi connectivity index (χ1n) is 10.6. The molecule has 0 fully saturated rings. The molecule has 1 atom stereocenters. The maximum absolute atomic E-state index is 13.1. The van der Waals surface area contributed by atoms with Gasteiger partial charge in [0.05, 0.1) is 12.6 Å². The topological polar surface area (TPSA) is 70.4 Å². The summed E-state index contributed by atoms with van der Waals surface area (Å²) in [5.74, 6) is 0.627. The standard InChI is InChI=1S/C25H24N4O3/c1-27-15-19(17-11-13-26-21(17)24(27)30)18-9-10-20-22(23(18)32-3)29(25(31)28(20)2)14-12-16-7-5-4-6-8-16/h4-11,13,15,21H,12,14H2,1-3H3/p+1. The first-order valence-corrected chi connectivity index (χ1v) is 10.6. The summed E-state index contributed by atoms with van der Waals surface area (Å²) < 4.78 is 9.35. The van der Waals surface area contributed by atoms with Crippen molar-refractivity contribution in [2.24, 2.45) is 7.05 Å². The van der Waals surface area contributed by atoms with E-state index in [1.165, 1.54) is 5.56 Å². The molecule has 3 aromatic rings. The maximum Gasteiger partial charge on any atom is 0.328 e. The number of amides is 1. The van der Waals surface area contributed by atoms with Gasteiger partial charge in [0, 0.05) is 49.6 Å². The van der Waals surface area contributed by atoms with Crippen molar-refractivity contribution in [2.75, 3.05) is 14.2 Å². The molecule has 2 aliphatic heterocycles. The number of likely N-dealkylation sites (N-methyl/N-ethyl adjacent to an activating group) is 1. The number of imidazole rings is 1. The summed E-state index contributed by atoms with van der Waals surface area (Å²) in [6.07, 6.45) is 6.30. The lowest BCUT2D eigenvalue weighted by atomic mass is 9.90. The fraction of sp³-hybridized carbons (Fsp3) is 0.240. The Bertz CT molecular complexity index is 1380. The fourth-order valence-corrected chi connectivity index (χ4v) is 4.61. The molecule has 162 valence electrons. The molecule has 7 nitrogen and oxygen atoms in total. The van der Waals surface area contributed by atoms with Gasteiger partial charge in [-0.15, -0.1) is 0 Å². The molecule has 2 aliphatic rings. The lowest BCUT2D eigenvalue weighted by Crippen LogP contribution is -2.78. The second-order valence-electron chi connectivity index (χ2n) is 8.12. The molecule has 1 aromatic heterocycles. The van der Waals surface area contributed by atoms with Crippen molar-refractivity contribution in [3.8, 4) is 5.75 Å². The third kappa shape index (κ3) is 3.00. The highest BCUT2D eigenvalue weighted by molar-refractivity contribution is 6.03. The molecule has 1 unspecified atom stereocenters. The Kier molecular flexibility index (Phi) is 4.81. The van der Waals surface area contributed by atoms with Gasteiger partial charge in [-0.3, -0.25) is 13.9 Å². The Morgan fingerprint density at radius 1 is 1.06 bits per heavy atom. The van der Waals surface area contributed by atoms with Crippen LogP contribution in [0.1, 0.15) is 11.1 Å². The van der Waals surface area contributed by atoms with Crippen LogP contribution in [0.2, 0.25) is 0 Å². The lowest BCUT2D eigenvalue weighted by molar-refractivity contribution is -0.467. The van der Waals surface area contributed by atoms with Crippen LogP contribution >= 0.6 is 0 Å². The second-order valence-corrected chi connectivity index (χ2v) is 8.12. The highest BCUT2D eigenvalue weighted by Crippen LogP contribution is 2.39. The molecule has 1 amide bonds. The van der Waals surface area contributed by atoms with Crippen LogP contribution < -0.4 is 15.4 Å². The van der Waals surface area contributed by atoms with E-state index in [-0.39, 0.29) is 11.6 Å². The molecule has 2 aromatic carbocycles. The second kappa shape index (κ2) is 7.67. The third-order valence-corrected chi connectivity index (χ3v) is 6.29. The number of aromatic nitrogens is 2. The minimum atomic E-state index is -0.406.